The maximum Gasteiger partial charge on any atom is 0.338 e. The largest absolute Gasteiger partial charge is 0.494 e. The Kier molecular flexibility index (Phi) is 7.85. The van der Waals surface area contributed by atoms with E-state index in [1.54, 1.807) is 0 Å². The van der Waals surface area contributed by atoms with Crippen molar-refractivity contribution in [2.75, 3.05) is 33.4 Å². The molecule has 2 N–H and O–H groups in total. The van der Waals surface area contributed by atoms with Crippen LogP contribution in [0.3, 0.4) is 0 Å². The van der Waals surface area contributed by atoms with Crippen molar-refractivity contribution in [2.24, 2.45) is 5.92 Å². The third kappa shape index (κ3) is 5.59. The van der Waals surface area contributed by atoms with Crippen LogP contribution in [0.5, 0.6) is 5.75 Å². The summed E-state index contributed by atoms with van der Waals surface area (Å²) in [7, 11) is 1.37. The summed E-state index contributed by atoms with van der Waals surface area (Å²) in [5.41, 5.74) is 3.12. The van der Waals surface area contributed by atoms with Crippen molar-refractivity contribution in [3.05, 3.63) is 77.0 Å². The Labute approximate surface area is 201 Å². The minimum Gasteiger partial charge on any atom is -0.494 e. The quantitative estimate of drug-likeness (QED) is 0.582. The summed E-state index contributed by atoms with van der Waals surface area (Å²) in [4.78, 5) is 27.8. The van der Waals surface area contributed by atoms with Gasteiger partial charge in [-0.3, -0.25) is 4.90 Å². The summed E-state index contributed by atoms with van der Waals surface area (Å²) in [6, 6.07) is 17.1. The van der Waals surface area contributed by atoms with Gasteiger partial charge in [-0.25, -0.2) is 9.59 Å². The Balaban J connectivity index is 1.53. The fourth-order valence-corrected chi connectivity index (χ4v) is 4.85. The normalized spacial score (nSPS) is 19.4. The first kappa shape index (κ1) is 23.8. The minimum absolute atomic E-state index is 0.335. The van der Waals surface area contributed by atoms with E-state index in [1.807, 2.05) is 37.3 Å². The highest BCUT2D eigenvalue weighted by Crippen LogP contribution is 2.34. The van der Waals surface area contributed by atoms with E-state index >= 15 is 0 Å². The molecule has 7 nitrogen and oxygen atoms in total. The Bertz CT molecular complexity index is 1030. The summed E-state index contributed by atoms with van der Waals surface area (Å²) >= 11 is 0. The number of para-hydroxylation sites is 1. The topological polar surface area (TPSA) is 79.9 Å². The van der Waals surface area contributed by atoms with Crippen LogP contribution < -0.4 is 15.4 Å². The van der Waals surface area contributed by atoms with Crippen LogP contribution in [0, 0.1) is 5.92 Å². The number of esters is 1. The van der Waals surface area contributed by atoms with Gasteiger partial charge in [0.15, 0.2) is 0 Å². The smallest absolute Gasteiger partial charge is 0.338 e. The molecular weight excluding hydrogens is 430 g/mol. The molecule has 7 heteroatoms. The van der Waals surface area contributed by atoms with E-state index in [2.05, 4.69) is 39.8 Å². The molecule has 0 saturated carbocycles. The predicted molar refractivity (Wildman–Crippen MR) is 130 cm³/mol. The lowest BCUT2D eigenvalue weighted by Crippen LogP contribution is -2.49. The number of hydrogen-bond donors (Lipinski definition) is 2. The lowest BCUT2D eigenvalue weighted by Gasteiger charge is -2.35. The zero-order chi connectivity index (χ0) is 23.9. The van der Waals surface area contributed by atoms with Crippen molar-refractivity contribution >= 4 is 12.0 Å². The number of rotatable bonds is 8. The number of piperidine rings is 1. The molecule has 2 amide bonds. The van der Waals surface area contributed by atoms with E-state index in [-0.39, 0.29) is 6.03 Å². The fraction of sp³-hybridized carbons (Fsp3) is 0.407. The second kappa shape index (κ2) is 11.2. The van der Waals surface area contributed by atoms with Gasteiger partial charge in [0.25, 0.3) is 0 Å². The number of carbonyl (C=O) groups excluding carboxylic acids is 2. The van der Waals surface area contributed by atoms with E-state index in [0.29, 0.717) is 36.1 Å². The average molecular weight is 464 g/mol. The number of amides is 2. The summed E-state index contributed by atoms with van der Waals surface area (Å²) in [6.45, 7) is 4.71. The third-order valence-electron chi connectivity index (χ3n) is 6.54. The van der Waals surface area contributed by atoms with Crippen LogP contribution in [0.15, 0.2) is 65.9 Å². The van der Waals surface area contributed by atoms with Crippen LogP contribution in [0.25, 0.3) is 0 Å². The zero-order valence-electron chi connectivity index (χ0n) is 19.9. The molecule has 180 valence electrons. The molecule has 0 bridgehead atoms. The highest BCUT2D eigenvalue weighted by molar-refractivity contribution is 5.95. The number of urea groups is 1. The summed E-state index contributed by atoms with van der Waals surface area (Å²) in [5, 5.41) is 5.77. The van der Waals surface area contributed by atoms with E-state index in [9.17, 15) is 9.59 Å². The first-order valence-corrected chi connectivity index (χ1v) is 12.0. The highest BCUT2D eigenvalue weighted by Gasteiger charge is 2.36. The maximum absolute atomic E-state index is 12.9. The molecule has 2 aromatic carbocycles. The van der Waals surface area contributed by atoms with Gasteiger partial charge in [0.05, 0.1) is 25.3 Å². The second-order valence-electron chi connectivity index (χ2n) is 8.80. The van der Waals surface area contributed by atoms with E-state index in [0.717, 1.165) is 37.9 Å². The van der Waals surface area contributed by atoms with Crippen LogP contribution in [0.4, 0.5) is 4.79 Å². The van der Waals surface area contributed by atoms with Crippen LogP contribution in [-0.2, 0) is 16.0 Å². The first-order chi connectivity index (χ1) is 16.6. The molecule has 4 rings (SSSR count). The lowest BCUT2D eigenvalue weighted by atomic mass is 9.89. The van der Waals surface area contributed by atoms with Crippen molar-refractivity contribution < 1.29 is 19.1 Å². The number of ether oxygens (including phenoxy) is 2. The number of nitrogens with zero attached hydrogens (tertiary/aromatic N) is 1. The molecule has 0 radical (unpaired) electrons. The van der Waals surface area contributed by atoms with E-state index in [4.69, 9.17) is 9.47 Å². The number of benzene rings is 2. The molecule has 1 saturated heterocycles. The van der Waals surface area contributed by atoms with Gasteiger partial charge in [-0.2, -0.15) is 0 Å². The van der Waals surface area contributed by atoms with Gasteiger partial charge in [0.1, 0.15) is 5.75 Å². The van der Waals surface area contributed by atoms with Crippen molar-refractivity contribution in [2.45, 2.75) is 32.2 Å². The molecule has 0 aromatic heterocycles. The molecule has 0 spiro atoms. The average Bonchev–Trinajstić information content (AvgIpc) is 2.86. The summed E-state index contributed by atoms with van der Waals surface area (Å²) in [5.74, 6) is 0.818. The van der Waals surface area contributed by atoms with E-state index < -0.39 is 12.0 Å². The Morgan fingerprint density at radius 3 is 2.47 bits per heavy atom. The monoisotopic (exact) mass is 463 g/mol. The number of carbonyl (C=O) groups is 2. The zero-order valence-corrected chi connectivity index (χ0v) is 19.9. The van der Waals surface area contributed by atoms with Gasteiger partial charge in [0, 0.05) is 17.8 Å². The molecule has 0 aliphatic carbocycles. The molecule has 0 unspecified atom stereocenters. The maximum atomic E-state index is 12.9. The summed E-state index contributed by atoms with van der Waals surface area (Å²) in [6.07, 6.45) is 3.25. The van der Waals surface area contributed by atoms with Gasteiger partial charge in [0.2, 0.25) is 0 Å². The van der Waals surface area contributed by atoms with Gasteiger partial charge in [-0.05, 0) is 56.8 Å². The molecule has 2 aromatic rings. The Morgan fingerprint density at radius 2 is 1.76 bits per heavy atom. The Hall–Kier alpha value is -3.32. The molecule has 1 atom stereocenters. The molecule has 2 aliphatic heterocycles. The van der Waals surface area contributed by atoms with Crippen molar-refractivity contribution in [3.63, 3.8) is 0 Å². The SMILES string of the molecule is CCOc1ccccc1[C@H]1NC(=O)NC(CN2CCC(Cc3ccccc3)CC2)=C1C(=O)OC. The number of hydrogen-bond acceptors (Lipinski definition) is 5. The van der Waals surface area contributed by atoms with Crippen LogP contribution in [-0.4, -0.2) is 50.3 Å². The molecule has 34 heavy (non-hydrogen) atoms. The standard InChI is InChI=1S/C27H33N3O4/c1-3-34-23-12-8-7-11-21(23)25-24(26(31)33-2)22(28-27(32)29-25)18-30-15-13-20(14-16-30)17-19-9-5-4-6-10-19/h4-12,20,25H,3,13-18H2,1-2H3,(H2,28,29,32)/t25-/m1/s1. The van der Waals surface area contributed by atoms with E-state index in [1.165, 1.54) is 12.7 Å². The fourth-order valence-electron chi connectivity index (χ4n) is 4.85. The van der Waals surface area contributed by atoms with Gasteiger partial charge >= 0.3 is 12.0 Å². The first-order valence-electron chi connectivity index (χ1n) is 12.0. The van der Waals surface area contributed by atoms with Gasteiger partial charge < -0.3 is 20.1 Å². The molecule has 2 aliphatic rings. The molecule has 2 heterocycles. The number of likely N-dealkylation sites (tertiary alicyclic amines) is 1. The minimum atomic E-state index is -0.644. The van der Waals surface area contributed by atoms with Crippen LogP contribution >= 0.6 is 0 Å². The number of nitrogens with one attached hydrogen (secondary N) is 2. The van der Waals surface area contributed by atoms with Crippen molar-refractivity contribution in [1.29, 1.82) is 0 Å². The van der Waals surface area contributed by atoms with Crippen LogP contribution in [0.1, 0.15) is 36.9 Å². The highest BCUT2D eigenvalue weighted by atomic mass is 16.5. The van der Waals surface area contributed by atoms with Crippen LogP contribution in [0.2, 0.25) is 0 Å². The summed E-state index contributed by atoms with van der Waals surface area (Å²) < 4.78 is 10.9. The predicted octanol–water partition coefficient (Wildman–Crippen LogP) is 3.82. The number of methoxy groups -OCH3 is 1. The van der Waals surface area contributed by atoms with Crippen molar-refractivity contribution in [3.8, 4) is 5.75 Å². The Morgan fingerprint density at radius 1 is 1.06 bits per heavy atom. The van der Waals surface area contributed by atoms with Gasteiger partial charge in [-0.15, -0.1) is 0 Å². The van der Waals surface area contributed by atoms with Gasteiger partial charge in [-0.1, -0.05) is 48.5 Å². The van der Waals surface area contributed by atoms with Crippen molar-refractivity contribution in [1.82, 2.24) is 15.5 Å². The second-order valence-corrected chi connectivity index (χ2v) is 8.80. The lowest BCUT2D eigenvalue weighted by molar-refractivity contribution is -0.136. The molecular formula is C27H33N3O4. The molecule has 1 fully saturated rings. The third-order valence-corrected chi connectivity index (χ3v) is 6.54.